The van der Waals surface area contributed by atoms with E-state index in [1.807, 2.05) is 6.07 Å². The van der Waals surface area contributed by atoms with Crippen LogP contribution < -0.4 is 5.11 Å². The lowest BCUT2D eigenvalue weighted by Gasteiger charge is -2.14. The topological polar surface area (TPSA) is 73.3 Å². The molecule has 1 aromatic heterocycles. The standard InChI is InChI=1S/C12H10N2O3S2/c15-10(16)3-5-14-11(17)9(19-12(14)18)6-8-2-1-4-13-7-8/h1-2,4,6-7H,3,5H2,(H,15,16)/p-1. The van der Waals surface area contributed by atoms with Crippen molar-refractivity contribution in [3.63, 3.8) is 0 Å². The second-order valence-corrected chi connectivity index (χ2v) is 5.42. The maximum atomic E-state index is 12.0. The summed E-state index contributed by atoms with van der Waals surface area (Å²) in [4.78, 5) is 28.2. The molecule has 1 amide bonds. The van der Waals surface area contributed by atoms with E-state index in [4.69, 9.17) is 12.2 Å². The van der Waals surface area contributed by atoms with Gasteiger partial charge in [-0.3, -0.25) is 14.7 Å². The molecule has 0 radical (unpaired) electrons. The van der Waals surface area contributed by atoms with E-state index in [1.54, 1.807) is 24.5 Å². The third kappa shape index (κ3) is 3.39. The first-order chi connectivity index (χ1) is 9.08. The first-order valence-electron chi connectivity index (χ1n) is 5.43. The number of carboxylic acid groups (broad SMARTS) is 1. The van der Waals surface area contributed by atoms with Crippen molar-refractivity contribution in [2.75, 3.05) is 6.54 Å². The van der Waals surface area contributed by atoms with Gasteiger partial charge in [0.25, 0.3) is 5.91 Å². The predicted molar refractivity (Wildman–Crippen MR) is 73.7 cm³/mol. The van der Waals surface area contributed by atoms with Gasteiger partial charge in [-0.15, -0.1) is 0 Å². The van der Waals surface area contributed by atoms with E-state index in [1.165, 1.54) is 4.90 Å². The molecule has 0 aliphatic carbocycles. The van der Waals surface area contributed by atoms with Gasteiger partial charge in [-0.2, -0.15) is 0 Å². The van der Waals surface area contributed by atoms with Gasteiger partial charge in [0.1, 0.15) is 4.32 Å². The smallest absolute Gasteiger partial charge is 0.266 e. The molecule has 0 aromatic carbocycles. The Balaban J connectivity index is 2.14. The Kier molecular flexibility index (Phi) is 4.28. The van der Waals surface area contributed by atoms with Crippen LogP contribution >= 0.6 is 24.0 Å². The number of amides is 1. The zero-order chi connectivity index (χ0) is 13.8. The SMILES string of the molecule is O=C([O-])CCN1C(=O)C(=Cc2cccnc2)SC1=S. The molecule has 0 N–H and O–H groups in total. The van der Waals surface area contributed by atoms with E-state index in [-0.39, 0.29) is 18.9 Å². The number of rotatable bonds is 4. The summed E-state index contributed by atoms with van der Waals surface area (Å²) in [5.41, 5.74) is 0.794. The second-order valence-electron chi connectivity index (χ2n) is 3.74. The maximum Gasteiger partial charge on any atom is 0.266 e. The zero-order valence-electron chi connectivity index (χ0n) is 9.74. The van der Waals surface area contributed by atoms with Gasteiger partial charge in [-0.1, -0.05) is 30.0 Å². The van der Waals surface area contributed by atoms with Gasteiger partial charge >= 0.3 is 0 Å². The molecule has 5 nitrogen and oxygen atoms in total. The van der Waals surface area contributed by atoms with E-state index in [0.29, 0.717) is 9.23 Å². The Morgan fingerprint density at radius 1 is 1.58 bits per heavy atom. The summed E-state index contributed by atoms with van der Waals surface area (Å²) in [6, 6.07) is 3.59. The molecule has 19 heavy (non-hydrogen) atoms. The number of thioether (sulfide) groups is 1. The molecule has 1 fully saturated rings. The molecule has 0 spiro atoms. The van der Waals surface area contributed by atoms with Crippen molar-refractivity contribution >= 4 is 46.3 Å². The van der Waals surface area contributed by atoms with Gasteiger partial charge < -0.3 is 9.90 Å². The third-order valence-electron chi connectivity index (χ3n) is 2.40. The van der Waals surface area contributed by atoms with Crippen molar-refractivity contribution in [2.45, 2.75) is 6.42 Å². The van der Waals surface area contributed by atoms with Crippen LogP contribution in [0.4, 0.5) is 0 Å². The summed E-state index contributed by atoms with van der Waals surface area (Å²) >= 11 is 6.22. The molecule has 2 heterocycles. The minimum Gasteiger partial charge on any atom is -0.550 e. The molecule has 1 aliphatic rings. The number of carboxylic acids is 1. The fourth-order valence-corrected chi connectivity index (χ4v) is 2.82. The Morgan fingerprint density at radius 2 is 2.37 bits per heavy atom. The number of carbonyl (C=O) groups is 2. The van der Waals surface area contributed by atoms with Crippen molar-refractivity contribution in [1.82, 2.24) is 9.88 Å². The van der Waals surface area contributed by atoms with Gasteiger partial charge in [0.05, 0.1) is 4.91 Å². The van der Waals surface area contributed by atoms with Crippen LogP contribution in [0, 0.1) is 0 Å². The lowest BCUT2D eigenvalue weighted by molar-refractivity contribution is -0.305. The van der Waals surface area contributed by atoms with Gasteiger partial charge in [0.2, 0.25) is 0 Å². The van der Waals surface area contributed by atoms with Gasteiger partial charge in [0.15, 0.2) is 0 Å². The quantitative estimate of drug-likeness (QED) is 0.592. The Labute approximate surface area is 119 Å². The monoisotopic (exact) mass is 293 g/mol. The van der Waals surface area contributed by atoms with Crippen molar-refractivity contribution in [1.29, 1.82) is 0 Å². The van der Waals surface area contributed by atoms with E-state index < -0.39 is 5.97 Å². The summed E-state index contributed by atoms with van der Waals surface area (Å²) in [6.07, 6.45) is 4.73. The molecular formula is C12H9N2O3S2-. The Bertz CT molecular complexity index is 557. The van der Waals surface area contributed by atoms with Crippen LogP contribution in [0.15, 0.2) is 29.4 Å². The first kappa shape index (κ1) is 13.7. The van der Waals surface area contributed by atoms with Crippen LogP contribution in [0.5, 0.6) is 0 Å². The zero-order valence-corrected chi connectivity index (χ0v) is 11.4. The van der Waals surface area contributed by atoms with Crippen LogP contribution in [0.25, 0.3) is 6.08 Å². The summed E-state index contributed by atoms with van der Waals surface area (Å²) in [7, 11) is 0. The van der Waals surface area contributed by atoms with Gasteiger partial charge in [-0.25, -0.2) is 0 Å². The summed E-state index contributed by atoms with van der Waals surface area (Å²) in [5.74, 6) is -1.48. The molecule has 0 saturated carbocycles. The minimum atomic E-state index is -1.20. The highest BCUT2D eigenvalue weighted by Gasteiger charge is 2.31. The molecular weight excluding hydrogens is 284 g/mol. The largest absolute Gasteiger partial charge is 0.550 e. The normalized spacial score (nSPS) is 17.3. The average molecular weight is 293 g/mol. The lowest BCUT2D eigenvalue weighted by Crippen LogP contribution is -2.33. The van der Waals surface area contributed by atoms with Crippen molar-refractivity contribution in [3.05, 3.63) is 35.0 Å². The molecule has 1 aromatic rings. The number of hydrogen-bond donors (Lipinski definition) is 0. The Hall–Kier alpha value is -1.73. The summed E-state index contributed by atoms with van der Waals surface area (Å²) in [5, 5.41) is 10.4. The number of hydrogen-bond acceptors (Lipinski definition) is 6. The fourth-order valence-electron chi connectivity index (χ4n) is 1.51. The molecule has 0 bridgehead atoms. The fraction of sp³-hybridized carbons (Fsp3) is 0.167. The number of pyridine rings is 1. The van der Waals surface area contributed by atoms with Crippen molar-refractivity contribution < 1.29 is 14.7 Å². The molecule has 1 aliphatic heterocycles. The van der Waals surface area contributed by atoms with Crippen LogP contribution in [0.2, 0.25) is 0 Å². The van der Waals surface area contributed by atoms with E-state index in [9.17, 15) is 14.7 Å². The van der Waals surface area contributed by atoms with Crippen molar-refractivity contribution in [2.24, 2.45) is 0 Å². The summed E-state index contributed by atoms with van der Waals surface area (Å²) in [6.45, 7) is 0.0391. The first-order valence-corrected chi connectivity index (χ1v) is 6.65. The molecule has 0 unspecified atom stereocenters. The molecule has 2 rings (SSSR count). The van der Waals surface area contributed by atoms with Gasteiger partial charge in [0, 0.05) is 31.3 Å². The number of nitrogens with zero attached hydrogens (tertiary/aromatic N) is 2. The number of carbonyl (C=O) groups excluding carboxylic acids is 2. The van der Waals surface area contributed by atoms with Crippen molar-refractivity contribution in [3.8, 4) is 0 Å². The van der Waals surface area contributed by atoms with E-state index >= 15 is 0 Å². The van der Waals surface area contributed by atoms with Crippen LogP contribution in [0.1, 0.15) is 12.0 Å². The van der Waals surface area contributed by atoms with Crippen LogP contribution in [-0.4, -0.2) is 32.6 Å². The number of aromatic nitrogens is 1. The van der Waals surface area contributed by atoms with E-state index in [0.717, 1.165) is 17.3 Å². The highest BCUT2D eigenvalue weighted by molar-refractivity contribution is 8.26. The van der Waals surface area contributed by atoms with Crippen LogP contribution in [-0.2, 0) is 9.59 Å². The summed E-state index contributed by atoms with van der Waals surface area (Å²) < 4.78 is 0.362. The molecule has 0 atom stereocenters. The lowest BCUT2D eigenvalue weighted by atomic mass is 10.2. The predicted octanol–water partition coefficient (Wildman–Crippen LogP) is 0.423. The minimum absolute atomic E-state index is 0.0391. The number of aliphatic carboxylic acids is 1. The third-order valence-corrected chi connectivity index (χ3v) is 3.77. The van der Waals surface area contributed by atoms with Gasteiger partial charge in [-0.05, 0) is 17.7 Å². The number of thiocarbonyl (C=S) groups is 1. The molecule has 98 valence electrons. The highest BCUT2D eigenvalue weighted by atomic mass is 32.2. The van der Waals surface area contributed by atoms with E-state index in [2.05, 4.69) is 4.98 Å². The Morgan fingerprint density at radius 3 is 3.00 bits per heavy atom. The van der Waals surface area contributed by atoms with Crippen LogP contribution in [0.3, 0.4) is 0 Å². The second kappa shape index (κ2) is 5.94. The molecule has 7 heteroatoms. The maximum absolute atomic E-state index is 12.0. The average Bonchev–Trinajstić information content (AvgIpc) is 2.63. The highest BCUT2D eigenvalue weighted by Crippen LogP contribution is 2.32. The molecule has 1 saturated heterocycles.